The zero-order valence-corrected chi connectivity index (χ0v) is 17.7. The molecular formula is C23H32N4O3. The number of rotatable bonds is 9. The number of hydrogen-bond acceptors (Lipinski definition) is 6. The zero-order chi connectivity index (χ0) is 20.9. The zero-order valence-electron chi connectivity index (χ0n) is 17.7. The molecule has 0 radical (unpaired) electrons. The number of aliphatic hydroxyl groups is 1. The first-order valence-electron chi connectivity index (χ1n) is 11.3. The minimum Gasteiger partial charge on any atom is -0.391 e. The predicted molar refractivity (Wildman–Crippen MR) is 114 cm³/mol. The van der Waals surface area contributed by atoms with Crippen LogP contribution in [0.5, 0.6) is 0 Å². The van der Waals surface area contributed by atoms with Gasteiger partial charge in [-0.2, -0.15) is 4.98 Å². The summed E-state index contributed by atoms with van der Waals surface area (Å²) in [6, 6.07) is 5.65. The van der Waals surface area contributed by atoms with Crippen molar-refractivity contribution in [3.05, 3.63) is 35.2 Å². The van der Waals surface area contributed by atoms with Crippen molar-refractivity contribution in [2.24, 2.45) is 0 Å². The molecule has 2 heterocycles. The topological polar surface area (TPSA) is 100 Å². The molecule has 1 aromatic carbocycles. The molecule has 3 N–H and O–H groups in total. The fraction of sp³-hybridized carbons (Fsp3) is 0.609. The Hall–Kier alpha value is -2.25. The molecule has 7 heteroatoms. The Morgan fingerprint density at radius 3 is 2.93 bits per heavy atom. The molecule has 4 rings (SSSR count). The summed E-state index contributed by atoms with van der Waals surface area (Å²) >= 11 is 0. The molecule has 1 aromatic heterocycles. The van der Waals surface area contributed by atoms with Crippen molar-refractivity contribution in [1.82, 2.24) is 20.8 Å². The second-order valence-electron chi connectivity index (χ2n) is 8.48. The van der Waals surface area contributed by atoms with Crippen molar-refractivity contribution in [3.8, 4) is 11.4 Å². The fourth-order valence-corrected chi connectivity index (χ4v) is 4.48. The smallest absolute Gasteiger partial charge is 0.240 e. The van der Waals surface area contributed by atoms with Gasteiger partial charge in [0.1, 0.15) is 6.04 Å². The van der Waals surface area contributed by atoms with E-state index in [0.29, 0.717) is 24.7 Å². The first kappa shape index (κ1) is 21.0. The standard InChI is InChI=1S/C23H32N4O3/c1-2-3-4-5-6-7-20-26-22(27-30-20)16-8-10-17-15(14-16)9-11-18(17)25-23(29)21-19(28)12-13-24-21/h8,10,14,18-19,21,24,28H,2-7,9,11-13H2,1H3,(H,25,29)/t18-,19+,21+/m1/s1. The lowest BCUT2D eigenvalue weighted by molar-refractivity contribution is -0.125. The Kier molecular flexibility index (Phi) is 6.79. The van der Waals surface area contributed by atoms with E-state index in [1.54, 1.807) is 0 Å². The van der Waals surface area contributed by atoms with Crippen LogP contribution in [0.25, 0.3) is 11.4 Å². The molecule has 3 atom stereocenters. The molecule has 1 saturated heterocycles. The summed E-state index contributed by atoms with van der Waals surface area (Å²) in [6.45, 7) is 2.89. The third-order valence-electron chi connectivity index (χ3n) is 6.23. The number of carbonyl (C=O) groups excluding carboxylic acids is 1. The lowest BCUT2D eigenvalue weighted by Gasteiger charge is -2.19. The van der Waals surface area contributed by atoms with Crippen molar-refractivity contribution in [1.29, 1.82) is 0 Å². The van der Waals surface area contributed by atoms with Crippen LogP contribution in [0.2, 0.25) is 0 Å². The van der Waals surface area contributed by atoms with Gasteiger partial charge in [0.05, 0.1) is 12.1 Å². The first-order chi connectivity index (χ1) is 14.7. The van der Waals surface area contributed by atoms with Crippen molar-refractivity contribution < 1.29 is 14.4 Å². The average molecular weight is 413 g/mol. The van der Waals surface area contributed by atoms with Gasteiger partial charge < -0.3 is 20.3 Å². The molecule has 30 heavy (non-hydrogen) atoms. The van der Waals surface area contributed by atoms with Crippen LogP contribution in [0.3, 0.4) is 0 Å². The number of carbonyl (C=O) groups is 1. The van der Waals surface area contributed by atoms with Crippen LogP contribution in [0.15, 0.2) is 22.7 Å². The second kappa shape index (κ2) is 9.71. The number of aromatic nitrogens is 2. The third-order valence-corrected chi connectivity index (χ3v) is 6.23. The second-order valence-corrected chi connectivity index (χ2v) is 8.48. The molecular weight excluding hydrogens is 380 g/mol. The Balaban J connectivity index is 1.36. The third kappa shape index (κ3) is 4.73. The van der Waals surface area contributed by atoms with Gasteiger partial charge in [0.2, 0.25) is 17.6 Å². The molecule has 162 valence electrons. The predicted octanol–water partition coefficient (Wildman–Crippen LogP) is 3.08. The van der Waals surface area contributed by atoms with E-state index in [0.717, 1.165) is 36.8 Å². The summed E-state index contributed by atoms with van der Waals surface area (Å²) in [5.41, 5.74) is 3.30. The number of benzene rings is 1. The van der Waals surface area contributed by atoms with E-state index < -0.39 is 12.1 Å². The van der Waals surface area contributed by atoms with Gasteiger partial charge in [-0.3, -0.25) is 4.79 Å². The average Bonchev–Trinajstić information content (AvgIpc) is 3.48. The summed E-state index contributed by atoms with van der Waals surface area (Å²) in [5, 5.41) is 20.3. The normalized spacial score (nSPS) is 22.9. The fourth-order valence-electron chi connectivity index (χ4n) is 4.48. The van der Waals surface area contributed by atoms with Crippen LogP contribution >= 0.6 is 0 Å². The summed E-state index contributed by atoms with van der Waals surface area (Å²) in [4.78, 5) is 17.1. The maximum Gasteiger partial charge on any atom is 0.240 e. The van der Waals surface area contributed by atoms with E-state index in [-0.39, 0.29) is 11.9 Å². The molecule has 1 fully saturated rings. The Morgan fingerprint density at radius 1 is 1.27 bits per heavy atom. The van der Waals surface area contributed by atoms with Crippen LogP contribution in [0.1, 0.15) is 74.9 Å². The summed E-state index contributed by atoms with van der Waals surface area (Å²) in [5.74, 6) is 1.21. The number of amides is 1. The monoisotopic (exact) mass is 412 g/mol. The quantitative estimate of drug-likeness (QED) is 0.547. The molecule has 0 bridgehead atoms. The number of aliphatic hydroxyl groups excluding tert-OH is 1. The van der Waals surface area contributed by atoms with E-state index in [9.17, 15) is 9.90 Å². The highest BCUT2D eigenvalue weighted by molar-refractivity contribution is 5.83. The van der Waals surface area contributed by atoms with Crippen LogP contribution < -0.4 is 10.6 Å². The molecule has 7 nitrogen and oxygen atoms in total. The largest absolute Gasteiger partial charge is 0.391 e. The minimum absolute atomic E-state index is 0.0138. The first-order valence-corrected chi connectivity index (χ1v) is 11.3. The highest BCUT2D eigenvalue weighted by Crippen LogP contribution is 2.34. The summed E-state index contributed by atoms with van der Waals surface area (Å²) < 4.78 is 5.44. The van der Waals surface area contributed by atoms with Gasteiger partial charge in [-0.25, -0.2) is 0 Å². The van der Waals surface area contributed by atoms with E-state index in [1.165, 1.54) is 31.2 Å². The van der Waals surface area contributed by atoms with Crippen LogP contribution in [0.4, 0.5) is 0 Å². The van der Waals surface area contributed by atoms with Gasteiger partial charge in [-0.05, 0) is 49.4 Å². The number of aryl methyl sites for hydroxylation is 2. The summed E-state index contributed by atoms with van der Waals surface area (Å²) in [7, 11) is 0. The lowest BCUT2D eigenvalue weighted by Crippen LogP contribution is -2.46. The van der Waals surface area contributed by atoms with Crippen molar-refractivity contribution in [2.75, 3.05) is 6.54 Å². The molecule has 0 spiro atoms. The highest BCUT2D eigenvalue weighted by atomic mass is 16.5. The van der Waals surface area contributed by atoms with E-state index in [1.807, 2.05) is 6.07 Å². The van der Waals surface area contributed by atoms with Gasteiger partial charge in [0.25, 0.3) is 0 Å². The van der Waals surface area contributed by atoms with Crippen LogP contribution in [0, 0.1) is 0 Å². The van der Waals surface area contributed by atoms with Gasteiger partial charge in [-0.15, -0.1) is 0 Å². The van der Waals surface area contributed by atoms with E-state index in [4.69, 9.17) is 4.52 Å². The minimum atomic E-state index is -0.604. The number of fused-ring (bicyclic) bond motifs is 1. The van der Waals surface area contributed by atoms with Crippen LogP contribution in [-0.4, -0.2) is 39.8 Å². The Bertz CT molecular complexity index is 866. The van der Waals surface area contributed by atoms with E-state index >= 15 is 0 Å². The molecule has 1 aliphatic carbocycles. The molecule has 1 amide bonds. The summed E-state index contributed by atoms with van der Waals surface area (Å²) in [6.07, 6.45) is 8.67. The van der Waals surface area contributed by atoms with Crippen LogP contribution in [-0.2, 0) is 17.6 Å². The molecule has 0 saturated carbocycles. The maximum atomic E-state index is 12.5. The van der Waals surface area contributed by atoms with Gasteiger partial charge in [0.15, 0.2) is 0 Å². The van der Waals surface area contributed by atoms with Crippen molar-refractivity contribution in [3.63, 3.8) is 0 Å². The van der Waals surface area contributed by atoms with Gasteiger partial charge >= 0.3 is 0 Å². The SMILES string of the molecule is CCCCCCCc1nc(-c2ccc3c(c2)CC[C@H]3NC(=O)[C@H]2NCC[C@@H]2O)no1. The maximum absolute atomic E-state index is 12.5. The number of unbranched alkanes of at least 4 members (excludes halogenated alkanes) is 4. The van der Waals surface area contributed by atoms with Gasteiger partial charge in [-0.1, -0.05) is 49.9 Å². The highest BCUT2D eigenvalue weighted by Gasteiger charge is 2.33. The molecule has 2 aliphatic rings. The molecule has 0 unspecified atom stereocenters. The van der Waals surface area contributed by atoms with Gasteiger partial charge in [0, 0.05) is 12.0 Å². The Labute approximate surface area is 177 Å². The van der Waals surface area contributed by atoms with E-state index in [2.05, 4.69) is 39.8 Å². The lowest BCUT2D eigenvalue weighted by atomic mass is 10.0. The van der Waals surface area contributed by atoms with Crippen molar-refractivity contribution in [2.45, 2.75) is 82.9 Å². The number of nitrogens with one attached hydrogen (secondary N) is 2. The number of nitrogens with zero attached hydrogens (tertiary/aromatic N) is 2. The number of hydrogen-bond donors (Lipinski definition) is 3. The molecule has 2 aromatic rings. The molecule has 1 aliphatic heterocycles. The van der Waals surface area contributed by atoms with Crippen molar-refractivity contribution >= 4 is 5.91 Å². The Morgan fingerprint density at radius 2 is 2.13 bits per heavy atom.